The van der Waals surface area contributed by atoms with Gasteiger partial charge < -0.3 is 15.3 Å². The second kappa shape index (κ2) is 6.83. The third-order valence-corrected chi connectivity index (χ3v) is 3.67. The predicted octanol–water partition coefficient (Wildman–Crippen LogP) is 1.06. The molecule has 0 aromatic heterocycles. The highest BCUT2D eigenvalue weighted by Crippen LogP contribution is 2.26. The SMILES string of the molecule is CC(CO)CNC(=O)C1CCN(c2ccc(F)c(F)c2)C1=O. The molecule has 22 heavy (non-hydrogen) atoms. The van der Waals surface area contributed by atoms with Crippen LogP contribution in [0.4, 0.5) is 14.5 Å². The van der Waals surface area contributed by atoms with E-state index >= 15 is 0 Å². The van der Waals surface area contributed by atoms with E-state index in [-0.39, 0.29) is 31.3 Å². The van der Waals surface area contributed by atoms with E-state index in [0.29, 0.717) is 6.42 Å². The number of anilines is 1. The molecule has 2 N–H and O–H groups in total. The van der Waals surface area contributed by atoms with Crippen LogP contribution in [0.3, 0.4) is 0 Å². The molecule has 7 heteroatoms. The van der Waals surface area contributed by atoms with E-state index < -0.39 is 29.4 Å². The first-order valence-corrected chi connectivity index (χ1v) is 7.09. The maximum atomic E-state index is 13.2. The van der Waals surface area contributed by atoms with E-state index in [1.165, 1.54) is 11.0 Å². The summed E-state index contributed by atoms with van der Waals surface area (Å²) in [5.41, 5.74) is 0.239. The van der Waals surface area contributed by atoms with E-state index in [2.05, 4.69) is 5.32 Å². The van der Waals surface area contributed by atoms with Crippen LogP contribution < -0.4 is 10.2 Å². The molecule has 1 aromatic carbocycles. The van der Waals surface area contributed by atoms with Gasteiger partial charge in [0.2, 0.25) is 11.8 Å². The summed E-state index contributed by atoms with van der Waals surface area (Å²) in [5.74, 6) is -3.78. The highest BCUT2D eigenvalue weighted by atomic mass is 19.2. The number of halogens is 2. The summed E-state index contributed by atoms with van der Waals surface area (Å²) in [4.78, 5) is 25.5. The summed E-state index contributed by atoms with van der Waals surface area (Å²) in [6.07, 6.45) is 0.317. The maximum Gasteiger partial charge on any atom is 0.239 e. The van der Waals surface area contributed by atoms with Crippen molar-refractivity contribution in [2.45, 2.75) is 13.3 Å². The van der Waals surface area contributed by atoms with E-state index in [4.69, 9.17) is 5.11 Å². The number of aliphatic hydroxyl groups is 1. The van der Waals surface area contributed by atoms with Gasteiger partial charge in [0.25, 0.3) is 0 Å². The summed E-state index contributed by atoms with van der Waals surface area (Å²) in [6, 6.07) is 3.21. The summed E-state index contributed by atoms with van der Waals surface area (Å²) < 4.78 is 26.2. The molecule has 1 aromatic rings. The van der Waals surface area contributed by atoms with Gasteiger partial charge in [0.1, 0.15) is 5.92 Å². The number of rotatable bonds is 5. The van der Waals surface area contributed by atoms with Gasteiger partial charge in [0.05, 0.1) is 0 Å². The van der Waals surface area contributed by atoms with Crippen molar-refractivity contribution < 1.29 is 23.5 Å². The molecule has 1 fully saturated rings. The average molecular weight is 312 g/mol. The lowest BCUT2D eigenvalue weighted by Gasteiger charge is -2.17. The lowest BCUT2D eigenvalue weighted by Crippen LogP contribution is -2.39. The molecule has 1 heterocycles. The highest BCUT2D eigenvalue weighted by Gasteiger charge is 2.37. The van der Waals surface area contributed by atoms with Crippen molar-refractivity contribution >= 4 is 17.5 Å². The van der Waals surface area contributed by atoms with Crippen molar-refractivity contribution in [3.63, 3.8) is 0 Å². The Kier molecular flexibility index (Phi) is 5.07. The minimum atomic E-state index is -1.03. The predicted molar refractivity (Wildman–Crippen MR) is 76.1 cm³/mol. The Morgan fingerprint density at radius 3 is 2.82 bits per heavy atom. The molecular weight excluding hydrogens is 294 g/mol. The van der Waals surface area contributed by atoms with Gasteiger partial charge in [-0.2, -0.15) is 0 Å². The number of carbonyl (C=O) groups excluding carboxylic acids is 2. The molecule has 2 rings (SSSR count). The second-order valence-corrected chi connectivity index (χ2v) is 5.46. The van der Waals surface area contributed by atoms with Gasteiger partial charge in [-0.25, -0.2) is 8.78 Å². The second-order valence-electron chi connectivity index (χ2n) is 5.46. The molecule has 1 saturated heterocycles. The largest absolute Gasteiger partial charge is 0.396 e. The van der Waals surface area contributed by atoms with Crippen LogP contribution in [0.1, 0.15) is 13.3 Å². The number of nitrogens with one attached hydrogen (secondary N) is 1. The zero-order valence-electron chi connectivity index (χ0n) is 12.2. The molecule has 0 saturated carbocycles. The van der Waals surface area contributed by atoms with Crippen molar-refractivity contribution in [1.29, 1.82) is 0 Å². The summed E-state index contributed by atoms with van der Waals surface area (Å²) in [5, 5.41) is 11.5. The fourth-order valence-electron chi connectivity index (χ4n) is 2.30. The average Bonchev–Trinajstić information content (AvgIpc) is 2.89. The minimum Gasteiger partial charge on any atom is -0.396 e. The molecule has 0 radical (unpaired) electrons. The molecule has 1 aliphatic rings. The van der Waals surface area contributed by atoms with E-state index in [9.17, 15) is 18.4 Å². The standard InChI is InChI=1S/C15H18F2N2O3/c1-9(8-20)7-18-14(21)11-4-5-19(15(11)22)10-2-3-12(16)13(17)6-10/h2-3,6,9,11,20H,4-5,7-8H2,1H3,(H,18,21). The zero-order chi connectivity index (χ0) is 16.3. The van der Waals surface area contributed by atoms with Crippen LogP contribution in [0.5, 0.6) is 0 Å². The van der Waals surface area contributed by atoms with Crippen molar-refractivity contribution in [2.75, 3.05) is 24.6 Å². The van der Waals surface area contributed by atoms with Crippen LogP contribution in [0.2, 0.25) is 0 Å². The monoisotopic (exact) mass is 312 g/mol. The van der Waals surface area contributed by atoms with E-state index in [1.807, 2.05) is 0 Å². The molecule has 2 unspecified atom stereocenters. The Morgan fingerprint density at radius 2 is 2.18 bits per heavy atom. The van der Waals surface area contributed by atoms with Crippen LogP contribution >= 0.6 is 0 Å². The van der Waals surface area contributed by atoms with Gasteiger partial charge in [-0.05, 0) is 24.5 Å². The number of hydrogen-bond donors (Lipinski definition) is 2. The van der Waals surface area contributed by atoms with Crippen molar-refractivity contribution in [1.82, 2.24) is 5.32 Å². The smallest absolute Gasteiger partial charge is 0.239 e. The third kappa shape index (κ3) is 3.41. The van der Waals surface area contributed by atoms with Crippen LogP contribution in [0.25, 0.3) is 0 Å². The first kappa shape index (κ1) is 16.4. The summed E-state index contributed by atoms with van der Waals surface area (Å²) in [7, 11) is 0. The van der Waals surface area contributed by atoms with Crippen LogP contribution in [-0.4, -0.2) is 36.6 Å². The van der Waals surface area contributed by atoms with Crippen molar-refractivity contribution in [3.05, 3.63) is 29.8 Å². The quantitative estimate of drug-likeness (QED) is 0.799. The molecule has 2 amide bonds. The zero-order valence-corrected chi connectivity index (χ0v) is 12.2. The van der Waals surface area contributed by atoms with Gasteiger partial charge in [-0.3, -0.25) is 9.59 Å². The number of aliphatic hydroxyl groups excluding tert-OH is 1. The van der Waals surface area contributed by atoms with Gasteiger partial charge in [0.15, 0.2) is 11.6 Å². The fraction of sp³-hybridized carbons (Fsp3) is 0.467. The molecule has 120 valence electrons. The summed E-state index contributed by atoms with van der Waals surface area (Å²) in [6.45, 7) is 2.27. The number of nitrogens with zero attached hydrogens (tertiary/aromatic N) is 1. The molecule has 1 aliphatic heterocycles. The lowest BCUT2D eigenvalue weighted by atomic mass is 10.1. The van der Waals surface area contributed by atoms with Gasteiger partial charge in [-0.1, -0.05) is 6.92 Å². The number of benzene rings is 1. The van der Waals surface area contributed by atoms with Gasteiger partial charge >= 0.3 is 0 Å². The number of amides is 2. The Labute approximate surface area is 126 Å². The fourth-order valence-corrected chi connectivity index (χ4v) is 2.30. The Balaban J connectivity index is 2.02. The highest BCUT2D eigenvalue weighted by molar-refractivity contribution is 6.09. The number of carbonyl (C=O) groups is 2. The van der Waals surface area contributed by atoms with Gasteiger partial charge in [0, 0.05) is 31.5 Å². The Morgan fingerprint density at radius 1 is 1.45 bits per heavy atom. The first-order chi connectivity index (χ1) is 10.4. The third-order valence-electron chi connectivity index (χ3n) is 3.67. The first-order valence-electron chi connectivity index (χ1n) is 7.09. The molecule has 0 bridgehead atoms. The van der Waals surface area contributed by atoms with E-state index in [0.717, 1.165) is 12.1 Å². The minimum absolute atomic E-state index is 0.0557. The molecule has 0 aliphatic carbocycles. The topological polar surface area (TPSA) is 69.6 Å². The van der Waals surface area contributed by atoms with Crippen molar-refractivity contribution in [3.8, 4) is 0 Å². The summed E-state index contributed by atoms with van der Waals surface area (Å²) >= 11 is 0. The molecule has 5 nitrogen and oxygen atoms in total. The molecule has 2 atom stereocenters. The number of hydrogen-bond acceptors (Lipinski definition) is 3. The van der Waals surface area contributed by atoms with Crippen LogP contribution in [0.15, 0.2) is 18.2 Å². The van der Waals surface area contributed by atoms with Crippen molar-refractivity contribution in [2.24, 2.45) is 11.8 Å². The van der Waals surface area contributed by atoms with E-state index in [1.54, 1.807) is 6.92 Å². The van der Waals surface area contributed by atoms with Crippen LogP contribution in [0, 0.1) is 23.5 Å². The normalized spacial score (nSPS) is 19.4. The molecular formula is C15H18F2N2O3. The van der Waals surface area contributed by atoms with Crippen LogP contribution in [-0.2, 0) is 9.59 Å². The van der Waals surface area contributed by atoms with Gasteiger partial charge in [-0.15, -0.1) is 0 Å². The lowest BCUT2D eigenvalue weighted by molar-refractivity contribution is -0.132. The Bertz CT molecular complexity index is 580. The Hall–Kier alpha value is -2.02. The maximum absolute atomic E-state index is 13.2. The molecule has 0 spiro atoms.